The first-order chi connectivity index (χ1) is 11.1. The normalized spacial score (nSPS) is 30.9. The van der Waals surface area contributed by atoms with Crippen LogP contribution in [0.15, 0.2) is 0 Å². The van der Waals surface area contributed by atoms with E-state index in [9.17, 15) is 4.79 Å². The third-order valence-corrected chi connectivity index (χ3v) is 5.14. The molecule has 0 unspecified atom stereocenters. The number of piperidine rings is 1. The van der Waals surface area contributed by atoms with Crippen molar-refractivity contribution in [1.82, 2.24) is 10.2 Å². The van der Waals surface area contributed by atoms with Crippen LogP contribution >= 0.6 is 0 Å². The Morgan fingerprint density at radius 1 is 1.21 bits per heavy atom. The zero-order valence-corrected chi connectivity index (χ0v) is 16.4. The molecule has 0 aromatic heterocycles. The zero-order chi connectivity index (χ0) is 18.0. The van der Waals surface area contributed by atoms with Crippen LogP contribution < -0.4 is 5.32 Å². The summed E-state index contributed by atoms with van der Waals surface area (Å²) < 4.78 is 11.3. The Bertz CT molecular complexity index is 415. The molecule has 0 aromatic carbocycles. The highest BCUT2D eigenvalue weighted by Gasteiger charge is 2.34. The molecule has 140 valence electrons. The predicted octanol–water partition coefficient (Wildman–Crippen LogP) is 3.57. The van der Waals surface area contributed by atoms with E-state index < -0.39 is 5.60 Å². The summed E-state index contributed by atoms with van der Waals surface area (Å²) >= 11 is 0. The third-order valence-electron chi connectivity index (χ3n) is 5.14. The summed E-state index contributed by atoms with van der Waals surface area (Å²) in [6, 6.07) is 0.546. The first kappa shape index (κ1) is 19.5. The van der Waals surface area contributed by atoms with Gasteiger partial charge in [-0.25, -0.2) is 4.79 Å². The van der Waals surface area contributed by atoms with Gasteiger partial charge in [0.05, 0.1) is 12.2 Å². The van der Waals surface area contributed by atoms with E-state index in [0.29, 0.717) is 18.2 Å². The highest BCUT2D eigenvalue weighted by atomic mass is 16.6. The monoisotopic (exact) mass is 340 g/mol. The molecule has 0 radical (unpaired) electrons. The van der Waals surface area contributed by atoms with E-state index in [0.717, 1.165) is 45.3 Å². The fraction of sp³-hybridized carbons (Fsp3) is 0.947. The van der Waals surface area contributed by atoms with Gasteiger partial charge in [-0.1, -0.05) is 6.92 Å². The van der Waals surface area contributed by atoms with Crippen LogP contribution in [0.25, 0.3) is 0 Å². The van der Waals surface area contributed by atoms with Gasteiger partial charge in [0.15, 0.2) is 0 Å². The van der Waals surface area contributed by atoms with Gasteiger partial charge in [0.1, 0.15) is 5.60 Å². The predicted molar refractivity (Wildman–Crippen MR) is 96.2 cm³/mol. The molecule has 2 atom stereocenters. The number of nitrogens with zero attached hydrogens (tertiary/aromatic N) is 1. The first-order valence-corrected chi connectivity index (χ1v) is 9.43. The van der Waals surface area contributed by atoms with Crippen molar-refractivity contribution < 1.29 is 14.3 Å². The quantitative estimate of drug-likeness (QED) is 0.853. The van der Waals surface area contributed by atoms with Crippen LogP contribution in [0.1, 0.15) is 67.2 Å². The smallest absolute Gasteiger partial charge is 0.410 e. The van der Waals surface area contributed by atoms with Crippen molar-refractivity contribution in [1.29, 1.82) is 0 Å². The van der Waals surface area contributed by atoms with E-state index in [1.54, 1.807) is 0 Å². The summed E-state index contributed by atoms with van der Waals surface area (Å²) in [5.74, 6) is 0. The lowest BCUT2D eigenvalue weighted by Gasteiger charge is -2.41. The molecule has 2 rings (SSSR count). The number of carbonyl (C=O) groups is 1. The average Bonchev–Trinajstić information content (AvgIpc) is 2.43. The Balaban J connectivity index is 1.76. The topological polar surface area (TPSA) is 50.8 Å². The molecule has 2 aliphatic heterocycles. The SMILES string of the molecule is C[C@@H]1CC(NCC2(C)CCN(C(=O)OC(C)(C)C)CC2)C[C@@H](C)O1. The number of carbonyl (C=O) groups excluding carboxylic acids is 1. The molecule has 2 saturated heterocycles. The molecule has 0 aromatic rings. The van der Waals surface area contributed by atoms with E-state index in [1.165, 1.54) is 0 Å². The fourth-order valence-corrected chi connectivity index (χ4v) is 3.70. The van der Waals surface area contributed by atoms with Crippen molar-refractivity contribution >= 4 is 6.09 Å². The number of ether oxygens (including phenoxy) is 2. The van der Waals surface area contributed by atoms with Gasteiger partial charge in [-0.3, -0.25) is 0 Å². The molecule has 0 aliphatic carbocycles. The Morgan fingerprint density at radius 3 is 2.25 bits per heavy atom. The van der Waals surface area contributed by atoms with Crippen molar-refractivity contribution in [3.63, 3.8) is 0 Å². The summed E-state index contributed by atoms with van der Waals surface area (Å²) in [6.45, 7) is 15.0. The van der Waals surface area contributed by atoms with E-state index in [1.807, 2.05) is 25.7 Å². The number of hydrogen-bond donors (Lipinski definition) is 1. The highest BCUT2D eigenvalue weighted by Crippen LogP contribution is 2.31. The van der Waals surface area contributed by atoms with Crippen molar-refractivity contribution in [3.8, 4) is 0 Å². The minimum atomic E-state index is -0.421. The lowest BCUT2D eigenvalue weighted by atomic mass is 9.80. The molecular weight excluding hydrogens is 304 g/mol. The van der Waals surface area contributed by atoms with Crippen LogP contribution in [0.2, 0.25) is 0 Å². The summed E-state index contributed by atoms with van der Waals surface area (Å²) in [7, 11) is 0. The Kier molecular flexibility index (Phi) is 6.19. The summed E-state index contributed by atoms with van der Waals surface area (Å²) in [5, 5.41) is 3.76. The van der Waals surface area contributed by atoms with E-state index >= 15 is 0 Å². The van der Waals surface area contributed by atoms with Crippen LogP contribution in [0.3, 0.4) is 0 Å². The lowest BCUT2D eigenvalue weighted by Crippen LogP contribution is -2.50. The molecular formula is C19H36N2O3. The van der Waals surface area contributed by atoms with E-state index in [4.69, 9.17) is 9.47 Å². The number of likely N-dealkylation sites (tertiary alicyclic amines) is 1. The van der Waals surface area contributed by atoms with Gasteiger partial charge in [-0.05, 0) is 65.7 Å². The van der Waals surface area contributed by atoms with Gasteiger partial charge in [0, 0.05) is 25.7 Å². The fourth-order valence-electron chi connectivity index (χ4n) is 3.70. The van der Waals surface area contributed by atoms with Gasteiger partial charge in [0.25, 0.3) is 0 Å². The second-order valence-corrected chi connectivity index (χ2v) is 9.08. The molecule has 2 heterocycles. The minimum Gasteiger partial charge on any atom is -0.444 e. The standard InChI is InChI=1S/C19H36N2O3/c1-14-11-16(12-15(2)23-14)20-13-19(6)7-9-21(10-8-19)17(22)24-18(3,4)5/h14-16,20H,7-13H2,1-6H3/t14-,15-/m1/s1. The van der Waals surface area contributed by atoms with Crippen LogP contribution in [-0.4, -0.2) is 54.5 Å². The minimum absolute atomic E-state index is 0.176. The van der Waals surface area contributed by atoms with Gasteiger partial charge in [-0.2, -0.15) is 0 Å². The Morgan fingerprint density at radius 2 is 1.75 bits per heavy atom. The van der Waals surface area contributed by atoms with Crippen molar-refractivity contribution in [2.75, 3.05) is 19.6 Å². The molecule has 5 heteroatoms. The summed E-state index contributed by atoms with van der Waals surface area (Å²) in [4.78, 5) is 14.0. The van der Waals surface area contributed by atoms with Crippen LogP contribution in [0.4, 0.5) is 4.79 Å². The van der Waals surface area contributed by atoms with Crippen LogP contribution in [0, 0.1) is 5.41 Å². The number of rotatable bonds is 3. The number of nitrogens with one attached hydrogen (secondary N) is 1. The summed E-state index contributed by atoms with van der Waals surface area (Å²) in [5.41, 5.74) is -0.168. The maximum atomic E-state index is 12.2. The van der Waals surface area contributed by atoms with Crippen molar-refractivity contribution in [3.05, 3.63) is 0 Å². The molecule has 1 N–H and O–H groups in total. The van der Waals surface area contributed by atoms with Crippen molar-refractivity contribution in [2.45, 2.75) is 91.1 Å². The van der Waals surface area contributed by atoms with Gasteiger partial charge >= 0.3 is 6.09 Å². The average molecular weight is 341 g/mol. The number of amides is 1. The zero-order valence-electron chi connectivity index (χ0n) is 16.4. The van der Waals surface area contributed by atoms with Gasteiger partial charge < -0.3 is 19.7 Å². The van der Waals surface area contributed by atoms with Gasteiger partial charge in [-0.15, -0.1) is 0 Å². The maximum absolute atomic E-state index is 12.2. The molecule has 2 aliphatic rings. The molecule has 0 bridgehead atoms. The molecule has 1 amide bonds. The van der Waals surface area contributed by atoms with Crippen LogP contribution in [-0.2, 0) is 9.47 Å². The van der Waals surface area contributed by atoms with Gasteiger partial charge in [0.2, 0.25) is 0 Å². The van der Waals surface area contributed by atoms with E-state index in [2.05, 4.69) is 26.1 Å². The molecule has 5 nitrogen and oxygen atoms in total. The Labute approximate surface area is 147 Å². The molecule has 2 fully saturated rings. The second kappa shape index (κ2) is 7.61. The third kappa shape index (κ3) is 5.92. The Hall–Kier alpha value is -0.810. The number of hydrogen-bond acceptors (Lipinski definition) is 4. The molecule has 0 saturated carbocycles. The van der Waals surface area contributed by atoms with Crippen LogP contribution in [0.5, 0.6) is 0 Å². The maximum Gasteiger partial charge on any atom is 0.410 e. The van der Waals surface area contributed by atoms with E-state index in [-0.39, 0.29) is 11.5 Å². The summed E-state index contributed by atoms with van der Waals surface area (Å²) in [6.07, 6.45) is 4.72. The van der Waals surface area contributed by atoms with Crippen molar-refractivity contribution in [2.24, 2.45) is 5.41 Å². The highest BCUT2D eigenvalue weighted by molar-refractivity contribution is 5.68. The lowest BCUT2D eigenvalue weighted by molar-refractivity contribution is -0.0442. The molecule has 0 spiro atoms. The second-order valence-electron chi connectivity index (χ2n) is 9.08. The largest absolute Gasteiger partial charge is 0.444 e. The first-order valence-electron chi connectivity index (χ1n) is 9.43. The molecule has 24 heavy (non-hydrogen) atoms.